The zero-order chi connectivity index (χ0) is 12.4. The molecule has 1 aliphatic rings. The number of halogens is 3. The van der Waals surface area contributed by atoms with Crippen molar-refractivity contribution in [3.8, 4) is 0 Å². The largest absolute Gasteiger partial charge is 0.415 e. The molecule has 94 valence electrons. The minimum Gasteiger partial charge on any atom is -0.351 e. The van der Waals surface area contributed by atoms with E-state index in [0.29, 0.717) is 6.92 Å². The second-order valence-corrected chi connectivity index (χ2v) is 4.51. The molecule has 3 N–H and O–H groups in total. The lowest BCUT2D eigenvalue weighted by Crippen LogP contribution is -2.62. The SMILES string of the molecule is CC(N)(C(=O)NC1CCCCC1)C(F)(F)F. The van der Waals surface area contributed by atoms with Crippen molar-refractivity contribution in [3.63, 3.8) is 0 Å². The topological polar surface area (TPSA) is 55.1 Å². The van der Waals surface area contributed by atoms with E-state index >= 15 is 0 Å². The predicted octanol–water partition coefficient (Wildman–Crippen LogP) is 1.71. The van der Waals surface area contributed by atoms with Crippen LogP contribution < -0.4 is 11.1 Å². The van der Waals surface area contributed by atoms with E-state index in [9.17, 15) is 18.0 Å². The van der Waals surface area contributed by atoms with Crippen LogP contribution in [0.4, 0.5) is 13.2 Å². The number of amides is 1. The number of alkyl halides is 3. The first-order valence-electron chi connectivity index (χ1n) is 5.41. The Morgan fingerprint density at radius 1 is 1.25 bits per heavy atom. The molecule has 1 atom stereocenters. The molecule has 3 nitrogen and oxygen atoms in total. The first-order valence-corrected chi connectivity index (χ1v) is 5.41. The lowest BCUT2D eigenvalue weighted by molar-refractivity contribution is -0.187. The van der Waals surface area contributed by atoms with Crippen LogP contribution in [0.5, 0.6) is 0 Å². The summed E-state index contributed by atoms with van der Waals surface area (Å²) in [4.78, 5) is 11.4. The minimum atomic E-state index is -4.72. The third kappa shape index (κ3) is 2.87. The van der Waals surface area contributed by atoms with Gasteiger partial charge in [-0.1, -0.05) is 19.3 Å². The molecule has 1 unspecified atom stereocenters. The maximum absolute atomic E-state index is 12.5. The third-order valence-electron chi connectivity index (χ3n) is 3.00. The van der Waals surface area contributed by atoms with Crippen molar-refractivity contribution in [1.29, 1.82) is 0 Å². The molecule has 6 heteroatoms. The van der Waals surface area contributed by atoms with Gasteiger partial charge in [-0.15, -0.1) is 0 Å². The first-order chi connectivity index (χ1) is 7.25. The van der Waals surface area contributed by atoms with Gasteiger partial charge in [-0.3, -0.25) is 4.79 Å². The van der Waals surface area contributed by atoms with Crippen molar-refractivity contribution in [1.82, 2.24) is 5.32 Å². The molecule has 16 heavy (non-hydrogen) atoms. The van der Waals surface area contributed by atoms with E-state index in [2.05, 4.69) is 5.32 Å². The number of nitrogens with two attached hydrogens (primary N) is 1. The van der Waals surface area contributed by atoms with E-state index in [-0.39, 0.29) is 6.04 Å². The summed E-state index contributed by atoms with van der Waals surface area (Å²) in [7, 11) is 0. The summed E-state index contributed by atoms with van der Waals surface area (Å²) in [6.45, 7) is 0.700. The average molecular weight is 238 g/mol. The van der Waals surface area contributed by atoms with Crippen molar-refractivity contribution < 1.29 is 18.0 Å². The Kier molecular flexibility index (Phi) is 3.83. The summed E-state index contributed by atoms with van der Waals surface area (Å²) in [5.74, 6) is -1.13. The summed E-state index contributed by atoms with van der Waals surface area (Å²) in [5, 5.41) is 2.38. The van der Waals surface area contributed by atoms with Gasteiger partial charge in [0, 0.05) is 6.04 Å². The van der Waals surface area contributed by atoms with Gasteiger partial charge >= 0.3 is 6.18 Å². The average Bonchev–Trinajstić information content (AvgIpc) is 2.17. The lowest BCUT2D eigenvalue weighted by atomic mass is 9.94. The van der Waals surface area contributed by atoms with Crippen LogP contribution in [-0.4, -0.2) is 23.7 Å². The monoisotopic (exact) mass is 238 g/mol. The zero-order valence-electron chi connectivity index (χ0n) is 9.23. The van der Waals surface area contributed by atoms with Gasteiger partial charge in [0.2, 0.25) is 5.91 Å². The predicted molar refractivity (Wildman–Crippen MR) is 53.7 cm³/mol. The van der Waals surface area contributed by atoms with Crippen LogP contribution in [0.3, 0.4) is 0 Å². The van der Waals surface area contributed by atoms with E-state index in [1.165, 1.54) is 0 Å². The zero-order valence-corrected chi connectivity index (χ0v) is 9.23. The van der Waals surface area contributed by atoms with Crippen molar-refractivity contribution in [2.75, 3.05) is 0 Å². The maximum atomic E-state index is 12.5. The number of hydrogen-bond acceptors (Lipinski definition) is 2. The summed E-state index contributed by atoms with van der Waals surface area (Å²) >= 11 is 0. The Morgan fingerprint density at radius 3 is 2.19 bits per heavy atom. The smallest absolute Gasteiger partial charge is 0.351 e. The lowest BCUT2D eigenvalue weighted by Gasteiger charge is -2.30. The summed E-state index contributed by atoms with van der Waals surface area (Å²) in [5.41, 5.74) is 2.22. The van der Waals surface area contributed by atoms with Crippen molar-refractivity contribution >= 4 is 5.91 Å². The Hall–Kier alpha value is -0.780. The first kappa shape index (κ1) is 13.3. The van der Waals surface area contributed by atoms with Crippen LogP contribution >= 0.6 is 0 Å². The molecule has 0 bridgehead atoms. The van der Waals surface area contributed by atoms with Crippen molar-refractivity contribution in [3.05, 3.63) is 0 Å². The quantitative estimate of drug-likeness (QED) is 0.769. The molecule has 0 saturated heterocycles. The van der Waals surface area contributed by atoms with Gasteiger partial charge in [0.1, 0.15) is 0 Å². The maximum Gasteiger partial charge on any atom is 0.415 e. The molecule has 1 fully saturated rings. The van der Waals surface area contributed by atoms with Crippen LogP contribution in [-0.2, 0) is 4.79 Å². The molecule has 0 aromatic heterocycles. The Labute approximate surface area is 92.6 Å². The molecule has 0 aromatic carbocycles. The van der Waals surface area contributed by atoms with E-state index in [4.69, 9.17) is 5.73 Å². The summed E-state index contributed by atoms with van der Waals surface area (Å²) < 4.78 is 37.4. The fourth-order valence-corrected chi connectivity index (χ4v) is 1.71. The molecule has 0 spiro atoms. The molecule has 0 aliphatic heterocycles. The van der Waals surface area contributed by atoms with E-state index in [0.717, 1.165) is 32.1 Å². The Bertz CT molecular complexity index is 257. The fraction of sp³-hybridized carbons (Fsp3) is 0.900. The number of carbonyl (C=O) groups excluding carboxylic acids is 1. The minimum absolute atomic E-state index is 0.161. The van der Waals surface area contributed by atoms with Crippen molar-refractivity contribution in [2.24, 2.45) is 5.73 Å². The van der Waals surface area contributed by atoms with Crippen molar-refractivity contribution in [2.45, 2.75) is 56.8 Å². The van der Waals surface area contributed by atoms with Crippen LogP contribution in [0.15, 0.2) is 0 Å². The second-order valence-electron chi connectivity index (χ2n) is 4.51. The Morgan fingerprint density at radius 2 is 1.75 bits per heavy atom. The second kappa shape index (κ2) is 4.61. The van der Waals surface area contributed by atoms with Gasteiger partial charge in [0.05, 0.1) is 0 Å². The van der Waals surface area contributed by atoms with E-state index < -0.39 is 17.6 Å². The normalized spacial score (nSPS) is 22.6. The molecule has 1 rings (SSSR count). The highest BCUT2D eigenvalue weighted by molar-refractivity contribution is 5.86. The number of carbonyl (C=O) groups is 1. The standard InChI is InChI=1S/C10H17F3N2O/c1-9(14,10(11,12)13)8(16)15-7-5-3-2-4-6-7/h7H,2-6,14H2,1H3,(H,15,16). The van der Waals surface area contributed by atoms with Gasteiger partial charge in [-0.05, 0) is 19.8 Å². The van der Waals surface area contributed by atoms with E-state index in [1.807, 2.05) is 0 Å². The van der Waals surface area contributed by atoms with Crippen LogP contribution in [0.2, 0.25) is 0 Å². The highest BCUT2D eigenvalue weighted by Gasteiger charge is 2.54. The van der Waals surface area contributed by atoms with Gasteiger partial charge in [0.25, 0.3) is 0 Å². The van der Waals surface area contributed by atoms with Crippen LogP contribution in [0, 0.1) is 0 Å². The molecular weight excluding hydrogens is 221 g/mol. The fourth-order valence-electron chi connectivity index (χ4n) is 1.71. The molecule has 1 saturated carbocycles. The third-order valence-corrected chi connectivity index (χ3v) is 3.00. The van der Waals surface area contributed by atoms with Crippen LogP contribution in [0.25, 0.3) is 0 Å². The number of nitrogens with one attached hydrogen (secondary N) is 1. The molecule has 0 heterocycles. The highest BCUT2D eigenvalue weighted by atomic mass is 19.4. The van der Waals surface area contributed by atoms with Gasteiger partial charge in [-0.25, -0.2) is 0 Å². The summed E-state index contributed by atoms with van der Waals surface area (Å²) in [6.07, 6.45) is -0.285. The highest BCUT2D eigenvalue weighted by Crippen LogP contribution is 2.28. The summed E-state index contributed by atoms with van der Waals surface area (Å²) in [6, 6.07) is -0.161. The van der Waals surface area contributed by atoms with Gasteiger partial charge in [-0.2, -0.15) is 13.2 Å². The van der Waals surface area contributed by atoms with Crippen LogP contribution in [0.1, 0.15) is 39.0 Å². The van der Waals surface area contributed by atoms with Gasteiger partial charge in [0.15, 0.2) is 5.54 Å². The molecule has 1 aliphatic carbocycles. The Balaban J connectivity index is 2.57. The molecular formula is C10H17F3N2O. The number of rotatable bonds is 2. The molecule has 1 amide bonds. The molecule has 0 radical (unpaired) electrons. The van der Waals surface area contributed by atoms with Gasteiger partial charge < -0.3 is 11.1 Å². The van der Waals surface area contributed by atoms with E-state index in [1.54, 1.807) is 0 Å². The molecule has 0 aromatic rings. The number of hydrogen-bond donors (Lipinski definition) is 2.